The van der Waals surface area contributed by atoms with Crippen LogP contribution in [0.1, 0.15) is 17.2 Å². The van der Waals surface area contributed by atoms with Crippen molar-refractivity contribution in [2.45, 2.75) is 6.04 Å². The highest BCUT2D eigenvalue weighted by Gasteiger charge is 2.47. The maximum atomic E-state index is 13.3. The molecule has 2 N–H and O–H groups in total. The number of phenols is 1. The van der Waals surface area contributed by atoms with Crippen LogP contribution in [0, 0.1) is 0 Å². The summed E-state index contributed by atoms with van der Waals surface area (Å²) in [5.41, 5.74) is 0.654. The molecule has 1 unspecified atom stereocenters. The largest absolute Gasteiger partial charge is 0.508 e. The Balaban J connectivity index is 1.99. The number of hydrogen-bond donors (Lipinski definition) is 2. The van der Waals surface area contributed by atoms with E-state index in [9.17, 15) is 19.8 Å². The van der Waals surface area contributed by atoms with Crippen LogP contribution in [0.15, 0.2) is 66.2 Å². The van der Waals surface area contributed by atoms with E-state index in [-0.39, 0.29) is 27.7 Å². The lowest BCUT2D eigenvalue weighted by Crippen LogP contribution is -2.29. The molecule has 1 heterocycles. The maximum absolute atomic E-state index is 13.3. The molecule has 0 aliphatic carbocycles. The minimum Gasteiger partial charge on any atom is -0.508 e. The standard InChI is InChI=1S/C25H19Cl2NO6/c1-33-19-8-6-14(26)11-17(19)23(30)21-22(13-4-3-5-16(29)10-13)28(25(32)24(21)31)15-7-9-20(34-2)18(27)12-15/h3-12,22,29-30H,1-2H3/b23-21+. The van der Waals surface area contributed by atoms with Gasteiger partial charge >= 0.3 is 0 Å². The molecule has 9 heteroatoms. The fourth-order valence-corrected chi connectivity index (χ4v) is 4.35. The van der Waals surface area contributed by atoms with Crippen molar-refractivity contribution in [2.75, 3.05) is 19.1 Å². The Morgan fingerprint density at radius 2 is 1.65 bits per heavy atom. The van der Waals surface area contributed by atoms with Crippen LogP contribution in [0.5, 0.6) is 17.2 Å². The number of halogens is 2. The van der Waals surface area contributed by atoms with E-state index in [2.05, 4.69) is 0 Å². The van der Waals surface area contributed by atoms with E-state index < -0.39 is 23.5 Å². The lowest BCUT2D eigenvalue weighted by Gasteiger charge is -2.26. The first-order chi connectivity index (χ1) is 16.3. The van der Waals surface area contributed by atoms with Gasteiger partial charge in [-0.3, -0.25) is 14.5 Å². The van der Waals surface area contributed by atoms with Gasteiger partial charge in [-0.2, -0.15) is 0 Å². The first-order valence-corrected chi connectivity index (χ1v) is 10.8. The Labute approximate surface area is 205 Å². The third-order valence-electron chi connectivity index (χ3n) is 5.46. The molecule has 4 rings (SSSR count). The maximum Gasteiger partial charge on any atom is 0.300 e. The number of aliphatic hydroxyl groups is 1. The summed E-state index contributed by atoms with van der Waals surface area (Å²) in [5.74, 6) is -1.68. The zero-order valence-corrected chi connectivity index (χ0v) is 19.6. The predicted molar refractivity (Wildman–Crippen MR) is 129 cm³/mol. The average Bonchev–Trinajstić information content (AvgIpc) is 3.09. The first kappa shape index (κ1) is 23.5. The Hall–Kier alpha value is -3.68. The van der Waals surface area contributed by atoms with Crippen LogP contribution in [-0.2, 0) is 9.59 Å². The highest BCUT2D eigenvalue weighted by atomic mass is 35.5. The van der Waals surface area contributed by atoms with E-state index in [0.717, 1.165) is 0 Å². The molecular weight excluding hydrogens is 481 g/mol. The topological polar surface area (TPSA) is 96.3 Å². The summed E-state index contributed by atoms with van der Waals surface area (Å²) in [6.45, 7) is 0. The van der Waals surface area contributed by atoms with Crippen molar-refractivity contribution >= 4 is 46.3 Å². The predicted octanol–water partition coefficient (Wildman–Crippen LogP) is 5.34. The minimum absolute atomic E-state index is 0.0730. The highest BCUT2D eigenvalue weighted by molar-refractivity contribution is 6.52. The van der Waals surface area contributed by atoms with Gasteiger partial charge in [0.25, 0.3) is 11.7 Å². The second-order valence-electron chi connectivity index (χ2n) is 7.43. The fourth-order valence-electron chi connectivity index (χ4n) is 3.92. The summed E-state index contributed by atoms with van der Waals surface area (Å²) < 4.78 is 10.5. The smallest absolute Gasteiger partial charge is 0.300 e. The number of carbonyl (C=O) groups excluding carboxylic acids is 2. The van der Waals surface area contributed by atoms with Crippen LogP contribution in [0.4, 0.5) is 5.69 Å². The van der Waals surface area contributed by atoms with E-state index in [4.69, 9.17) is 32.7 Å². The third-order valence-corrected chi connectivity index (χ3v) is 5.99. The molecule has 1 atom stereocenters. The van der Waals surface area contributed by atoms with Gasteiger partial charge < -0.3 is 19.7 Å². The van der Waals surface area contributed by atoms with Gasteiger partial charge in [-0.25, -0.2) is 0 Å². The third kappa shape index (κ3) is 4.04. The lowest BCUT2D eigenvalue weighted by molar-refractivity contribution is -0.132. The number of anilines is 1. The minimum atomic E-state index is -1.07. The molecule has 7 nitrogen and oxygen atoms in total. The van der Waals surface area contributed by atoms with Gasteiger partial charge in [-0.05, 0) is 54.1 Å². The van der Waals surface area contributed by atoms with Gasteiger partial charge in [0.05, 0.1) is 36.4 Å². The van der Waals surface area contributed by atoms with Gasteiger partial charge in [-0.1, -0.05) is 35.3 Å². The molecule has 0 bridgehead atoms. The second-order valence-corrected chi connectivity index (χ2v) is 8.27. The van der Waals surface area contributed by atoms with Crippen LogP contribution >= 0.6 is 23.2 Å². The van der Waals surface area contributed by atoms with Crippen molar-refractivity contribution in [3.05, 3.63) is 87.4 Å². The molecular formula is C25H19Cl2NO6. The number of ether oxygens (including phenoxy) is 2. The molecule has 1 aliphatic rings. The van der Waals surface area contributed by atoms with Gasteiger partial charge in [0.15, 0.2) is 0 Å². The summed E-state index contributed by atoms with van der Waals surface area (Å²) in [7, 11) is 2.86. The van der Waals surface area contributed by atoms with Crippen LogP contribution < -0.4 is 14.4 Å². The van der Waals surface area contributed by atoms with Crippen molar-refractivity contribution in [3.8, 4) is 17.2 Å². The Morgan fingerprint density at radius 1 is 0.941 bits per heavy atom. The number of rotatable bonds is 5. The zero-order valence-electron chi connectivity index (χ0n) is 18.1. The lowest BCUT2D eigenvalue weighted by atomic mass is 9.94. The molecule has 174 valence electrons. The molecule has 1 saturated heterocycles. The Kier molecular flexibility index (Phi) is 6.41. The SMILES string of the molecule is COc1ccc(N2C(=O)C(=O)/C(=C(/O)c3cc(Cl)ccc3OC)C2c2cccc(O)c2)cc1Cl. The highest BCUT2D eigenvalue weighted by Crippen LogP contribution is 2.45. The Morgan fingerprint density at radius 3 is 2.29 bits per heavy atom. The second kappa shape index (κ2) is 9.29. The monoisotopic (exact) mass is 499 g/mol. The number of nitrogens with zero attached hydrogens (tertiary/aromatic N) is 1. The number of aliphatic hydroxyl groups excluding tert-OH is 1. The number of carbonyl (C=O) groups is 2. The van der Waals surface area contributed by atoms with Crippen molar-refractivity contribution in [2.24, 2.45) is 0 Å². The summed E-state index contributed by atoms with van der Waals surface area (Å²) >= 11 is 12.4. The Bertz CT molecular complexity index is 1340. The van der Waals surface area contributed by atoms with Crippen molar-refractivity contribution in [1.82, 2.24) is 0 Å². The van der Waals surface area contributed by atoms with Gasteiger partial charge in [-0.15, -0.1) is 0 Å². The number of ketones is 1. The molecule has 3 aromatic rings. The summed E-state index contributed by atoms with van der Waals surface area (Å²) in [4.78, 5) is 27.7. The quantitative estimate of drug-likeness (QED) is 0.279. The van der Waals surface area contributed by atoms with E-state index in [1.54, 1.807) is 36.4 Å². The normalized spacial score (nSPS) is 17.2. The van der Waals surface area contributed by atoms with Crippen molar-refractivity contribution < 1.29 is 29.3 Å². The molecule has 1 fully saturated rings. The number of benzene rings is 3. The van der Waals surface area contributed by atoms with E-state index >= 15 is 0 Å². The van der Waals surface area contributed by atoms with E-state index in [1.165, 1.54) is 43.4 Å². The summed E-state index contributed by atoms with van der Waals surface area (Å²) in [5, 5.41) is 21.9. The van der Waals surface area contributed by atoms with Gasteiger partial charge in [0, 0.05) is 10.7 Å². The van der Waals surface area contributed by atoms with Crippen LogP contribution in [-0.4, -0.2) is 36.1 Å². The molecule has 3 aromatic carbocycles. The number of phenolic OH excluding ortho intramolecular Hbond substituents is 1. The number of Topliss-reactive ketones (excluding diaryl/α,β-unsaturated/α-hetero) is 1. The average molecular weight is 500 g/mol. The molecule has 34 heavy (non-hydrogen) atoms. The number of aromatic hydroxyl groups is 1. The molecule has 1 aliphatic heterocycles. The zero-order chi connectivity index (χ0) is 24.6. The van der Waals surface area contributed by atoms with Gasteiger partial charge in [0.1, 0.15) is 23.0 Å². The molecule has 0 saturated carbocycles. The number of amides is 1. The van der Waals surface area contributed by atoms with Crippen molar-refractivity contribution in [3.63, 3.8) is 0 Å². The molecule has 1 amide bonds. The molecule has 0 radical (unpaired) electrons. The van der Waals surface area contributed by atoms with Crippen LogP contribution in [0.3, 0.4) is 0 Å². The summed E-state index contributed by atoms with van der Waals surface area (Å²) in [6.07, 6.45) is 0. The number of hydrogen-bond acceptors (Lipinski definition) is 6. The molecule has 0 aromatic heterocycles. The molecule has 0 spiro atoms. The van der Waals surface area contributed by atoms with Crippen molar-refractivity contribution in [1.29, 1.82) is 0 Å². The van der Waals surface area contributed by atoms with E-state index in [1.807, 2.05) is 0 Å². The summed E-state index contributed by atoms with van der Waals surface area (Å²) in [6, 6.07) is 14.2. The van der Waals surface area contributed by atoms with Crippen LogP contribution in [0.2, 0.25) is 10.0 Å². The van der Waals surface area contributed by atoms with E-state index in [0.29, 0.717) is 22.0 Å². The fraction of sp³-hybridized carbons (Fsp3) is 0.120. The number of methoxy groups -OCH3 is 2. The van der Waals surface area contributed by atoms with Crippen LogP contribution in [0.25, 0.3) is 5.76 Å². The van der Waals surface area contributed by atoms with Gasteiger partial charge in [0.2, 0.25) is 0 Å². The first-order valence-electron chi connectivity index (χ1n) is 10.0.